The number of nitrogens with zero attached hydrogens (tertiary/aromatic N) is 2. The van der Waals surface area contributed by atoms with Gasteiger partial charge in [-0.3, -0.25) is 10.1 Å². The molecule has 124 valence electrons. The highest BCUT2D eigenvalue weighted by atomic mass is 16.6. The number of rotatable bonds is 2. The SMILES string of the molecule is O=C(O)c1ccc2ccccc2n1.O=[N+]([O-])c1ccc2[nH]ccc2c1. The minimum atomic E-state index is -0.995. The van der Waals surface area contributed by atoms with Crippen LogP contribution in [0.25, 0.3) is 21.8 Å². The van der Waals surface area contributed by atoms with Crippen LogP contribution in [0.1, 0.15) is 10.5 Å². The molecular weight excluding hydrogens is 322 g/mol. The molecule has 2 aromatic carbocycles. The van der Waals surface area contributed by atoms with Crippen molar-refractivity contribution in [2.24, 2.45) is 0 Å². The molecule has 0 fully saturated rings. The minimum Gasteiger partial charge on any atom is -0.477 e. The molecule has 0 saturated carbocycles. The van der Waals surface area contributed by atoms with Crippen LogP contribution in [0, 0.1) is 10.1 Å². The molecule has 2 aromatic heterocycles. The number of pyridine rings is 1. The van der Waals surface area contributed by atoms with Crippen molar-refractivity contribution in [3.05, 3.63) is 82.7 Å². The highest BCUT2D eigenvalue weighted by molar-refractivity contribution is 5.89. The molecule has 0 atom stereocenters. The van der Waals surface area contributed by atoms with Gasteiger partial charge in [-0.1, -0.05) is 24.3 Å². The molecule has 0 aliphatic rings. The highest BCUT2D eigenvalue weighted by Crippen LogP contribution is 2.19. The Labute approximate surface area is 141 Å². The van der Waals surface area contributed by atoms with Gasteiger partial charge in [0.1, 0.15) is 5.69 Å². The molecule has 0 unspecified atom stereocenters. The Kier molecular flexibility index (Phi) is 4.38. The first-order chi connectivity index (χ1) is 12.0. The van der Waals surface area contributed by atoms with E-state index in [0.717, 1.165) is 16.3 Å². The number of fused-ring (bicyclic) bond motifs is 2. The molecule has 0 aliphatic carbocycles. The summed E-state index contributed by atoms with van der Waals surface area (Å²) in [7, 11) is 0. The van der Waals surface area contributed by atoms with Crippen LogP contribution in [0.5, 0.6) is 0 Å². The molecular formula is C18H13N3O4. The number of aromatic nitrogens is 2. The van der Waals surface area contributed by atoms with E-state index in [4.69, 9.17) is 5.11 Å². The molecule has 2 heterocycles. The Morgan fingerprint density at radius 2 is 1.84 bits per heavy atom. The third-order valence-electron chi connectivity index (χ3n) is 3.57. The maximum atomic E-state index is 10.6. The Morgan fingerprint density at radius 1 is 1.04 bits per heavy atom. The average molecular weight is 335 g/mol. The average Bonchev–Trinajstić information content (AvgIpc) is 3.09. The lowest BCUT2D eigenvalue weighted by molar-refractivity contribution is -0.384. The second-order valence-electron chi connectivity index (χ2n) is 5.20. The Hall–Kier alpha value is -3.74. The summed E-state index contributed by atoms with van der Waals surface area (Å²) in [6.45, 7) is 0. The first-order valence-electron chi connectivity index (χ1n) is 7.35. The van der Waals surface area contributed by atoms with Gasteiger partial charge < -0.3 is 10.1 Å². The molecule has 7 nitrogen and oxygen atoms in total. The minimum absolute atomic E-state index is 0.0821. The fourth-order valence-electron chi connectivity index (χ4n) is 2.34. The summed E-state index contributed by atoms with van der Waals surface area (Å²) in [6, 6.07) is 17.2. The number of carboxylic acid groups (broad SMARTS) is 1. The van der Waals surface area contributed by atoms with E-state index in [1.165, 1.54) is 12.1 Å². The van der Waals surface area contributed by atoms with Crippen molar-refractivity contribution >= 4 is 33.5 Å². The number of non-ortho nitro benzene ring substituents is 1. The molecule has 0 radical (unpaired) electrons. The lowest BCUT2D eigenvalue weighted by Gasteiger charge is -1.97. The Bertz CT molecular complexity index is 1070. The number of nitrogens with one attached hydrogen (secondary N) is 1. The van der Waals surface area contributed by atoms with E-state index in [0.29, 0.717) is 5.52 Å². The second-order valence-corrected chi connectivity index (χ2v) is 5.20. The standard InChI is InChI=1S/C10H7NO2.C8H6N2O2/c12-10(13)9-6-5-7-3-1-2-4-8(7)11-9;11-10(12)7-1-2-8-6(5-7)3-4-9-8/h1-6H,(H,12,13);1-5,9H. The Balaban J connectivity index is 0.000000146. The van der Waals surface area contributed by atoms with Crippen LogP contribution < -0.4 is 0 Å². The molecule has 4 aromatic rings. The summed E-state index contributed by atoms with van der Waals surface area (Å²) < 4.78 is 0. The third kappa shape index (κ3) is 3.61. The van der Waals surface area contributed by atoms with Crippen molar-refractivity contribution in [2.75, 3.05) is 0 Å². The first-order valence-corrected chi connectivity index (χ1v) is 7.35. The number of carbonyl (C=O) groups is 1. The quantitative estimate of drug-likeness (QED) is 0.425. The monoisotopic (exact) mass is 335 g/mol. The molecule has 0 aliphatic heterocycles. The maximum absolute atomic E-state index is 10.6. The lowest BCUT2D eigenvalue weighted by Crippen LogP contribution is -1.99. The van der Waals surface area contributed by atoms with E-state index in [1.807, 2.05) is 24.3 Å². The number of benzene rings is 2. The number of hydrogen-bond acceptors (Lipinski definition) is 4. The molecule has 0 spiro atoms. The van der Waals surface area contributed by atoms with E-state index in [-0.39, 0.29) is 11.4 Å². The van der Waals surface area contributed by atoms with Gasteiger partial charge in [-0.25, -0.2) is 9.78 Å². The van der Waals surface area contributed by atoms with Crippen molar-refractivity contribution < 1.29 is 14.8 Å². The molecule has 0 amide bonds. The smallest absolute Gasteiger partial charge is 0.354 e. The van der Waals surface area contributed by atoms with Gasteiger partial charge in [0.05, 0.1) is 10.4 Å². The van der Waals surface area contributed by atoms with Crippen LogP contribution in [-0.2, 0) is 0 Å². The van der Waals surface area contributed by atoms with E-state index >= 15 is 0 Å². The fourth-order valence-corrected chi connectivity index (χ4v) is 2.34. The predicted octanol–water partition coefficient (Wildman–Crippen LogP) is 4.01. The van der Waals surface area contributed by atoms with Gasteiger partial charge in [-0.05, 0) is 24.3 Å². The number of nitro benzene ring substituents is 1. The number of carboxylic acids is 1. The molecule has 7 heteroatoms. The predicted molar refractivity (Wildman–Crippen MR) is 93.7 cm³/mol. The molecule has 0 saturated heterocycles. The van der Waals surface area contributed by atoms with Crippen LogP contribution in [0.15, 0.2) is 66.9 Å². The van der Waals surface area contributed by atoms with Crippen molar-refractivity contribution in [1.29, 1.82) is 0 Å². The van der Waals surface area contributed by atoms with Crippen molar-refractivity contribution in [3.63, 3.8) is 0 Å². The summed E-state index contributed by atoms with van der Waals surface area (Å²) in [5, 5.41) is 20.9. The zero-order chi connectivity index (χ0) is 17.8. The number of hydrogen-bond donors (Lipinski definition) is 2. The van der Waals surface area contributed by atoms with Crippen LogP contribution in [0.2, 0.25) is 0 Å². The van der Waals surface area contributed by atoms with E-state index in [2.05, 4.69) is 9.97 Å². The molecule has 0 bridgehead atoms. The lowest BCUT2D eigenvalue weighted by atomic mass is 10.2. The summed E-state index contributed by atoms with van der Waals surface area (Å²) in [4.78, 5) is 27.5. The number of aromatic carboxylic acids is 1. The molecule has 25 heavy (non-hydrogen) atoms. The van der Waals surface area contributed by atoms with Gasteiger partial charge in [0.15, 0.2) is 0 Å². The largest absolute Gasteiger partial charge is 0.477 e. The summed E-state index contributed by atoms with van der Waals surface area (Å²) in [5.41, 5.74) is 1.84. The van der Waals surface area contributed by atoms with Crippen LogP contribution in [0.4, 0.5) is 5.69 Å². The van der Waals surface area contributed by atoms with E-state index in [9.17, 15) is 14.9 Å². The van der Waals surface area contributed by atoms with Crippen LogP contribution >= 0.6 is 0 Å². The zero-order valence-corrected chi connectivity index (χ0v) is 12.9. The van der Waals surface area contributed by atoms with Gasteiger partial charge in [0.2, 0.25) is 0 Å². The van der Waals surface area contributed by atoms with Gasteiger partial charge in [-0.2, -0.15) is 0 Å². The van der Waals surface area contributed by atoms with Crippen molar-refractivity contribution in [2.45, 2.75) is 0 Å². The van der Waals surface area contributed by atoms with Gasteiger partial charge >= 0.3 is 5.97 Å². The van der Waals surface area contributed by atoms with Crippen LogP contribution in [-0.4, -0.2) is 26.0 Å². The number of aromatic amines is 1. The zero-order valence-electron chi connectivity index (χ0n) is 12.9. The summed E-state index contributed by atoms with van der Waals surface area (Å²) in [6.07, 6.45) is 1.76. The molecule has 4 rings (SSSR count). The van der Waals surface area contributed by atoms with E-state index < -0.39 is 10.9 Å². The first kappa shape index (κ1) is 16.1. The maximum Gasteiger partial charge on any atom is 0.354 e. The Morgan fingerprint density at radius 3 is 2.60 bits per heavy atom. The number of nitro groups is 1. The van der Waals surface area contributed by atoms with Crippen molar-refractivity contribution in [3.8, 4) is 0 Å². The van der Waals surface area contributed by atoms with E-state index in [1.54, 1.807) is 30.5 Å². The fraction of sp³-hybridized carbons (Fsp3) is 0. The molecule has 2 N–H and O–H groups in total. The van der Waals surface area contributed by atoms with Gasteiger partial charge in [0, 0.05) is 34.6 Å². The highest BCUT2D eigenvalue weighted by Gasteiger charge is 2.05. The van der Waals surface area contributed by atoms with Gasteiger partial charge in [-0.15, -0.1) is 0 Å². The van der Waals surface area contributed by atoms with Crippen molar-refractivity contribution in [1.82, 2.24) is 9.97 Å². The number of para-hydroxylation sites is 1. The van der Waals surface area contributed by atoms with Crippen LogP contribution in [0.3, 0.4) is 0 Å². The topological polar surface area (TPSA) is 109 Å². The third-order valence-corrected chi connectivity index (χ3v) is 3.57. The normalized spacial score (nSPS) is 10.2. The summed E-state index contributed by atoms with van der Waals surface area (Å²) in [5.74, 6) is -0.995. The summed E-state index contributed by atoms with van der Waals surface area (Å²) >= 11 is 0. The van der Waals surface area contributed by atoms with Gasteiger partial charge in [0.25, 0.3) is 5.69 Å². The second kappa shape index (κ2) is 6.79. The number of H-pyrrole nitrogens is 1.